The Bertz CT molecular complexity index is 909. The fourth-order valence-electron chi connectivity index (χ4n) is 3.49. The zero-order valence-corrected chi connectivity index (χ0v) is 15.2. The summed E-state index contributed by atoms with van der Waals surface area (Å²) in [4.78, 5) is 31.2. The van der Waals surface area contributed by atoms with Crippen molar-refractivity contribution in [3.63, 3.8) is 0 Å². The van der Waals surface area contributed by atoms with E-state index in [4.69, 9.17) is 5.26 Å². The van der Waals surface area contributed by atoms with Crippen LogP contribution < -0.4 is 10.9 Å². The summed E-state index contributed by atoms with van der Waals surface area (Å²) in [5.74, 6) is 1.03. The number of pyridine rings is 1. The predicted octanol–water partition coefficient (Wildman–Crippen LogP) is 1.65. The molecule has 2 aromatic heterocycles. The van der Waals surface area contributed by atoms with Gasteiger partial charge in [0.25, 0.3) is 5.56 Å². The summed E-state index contributed by atoms with van der Waals surface area (Å²) in [6, 6.07) is 1.93. The molecule has 0 aromatic carbocycles. The number of hydrogen-bond donors (Lipinski definition) is 2. The van der Waals surface area contributed by atoms with Crippen LogP contribution in [0.5, 0.6) is 0 Å². The van der Waals surface area contributed by atoms with Gasteiger partial charge in [-0.1, -0.05) is 0 Å². The topological polar surface area (TPSA) is 104 Å². The highest BCUT2D eigenvalue weighted by Crippen LogP contribution is 2.16. The van der Waals surface area contributed by atoms with E-state index in [0.29, 0.717) is 30.6 Å². The number of aromatic nitrogens is 3. The SMILES string of the molecule is Cc1[nH]c(=O)c(C#N)c(C)c1CCC(=O)NCc1cn2c(n1)CCCC2. The molecule has 1 amide bonds. The van der Waals surface area contributed by atoms with E-state index in [1.54, 1.807) is 13.8 Å². The molecule has 0 spiro atoms. The minimum atomic E-state index is -0.376. The summed E-state index contributed by atoms with van der Waals surface area (Å²) in [6.45, 7) is 4.97. The fourth-order valence-corrected chi connectivity index (χ4v) is 3.49. The van der Waals surface area contributed by atoms with E-state index in [0.717, 1.165) is 30.0 Å². The molecule has 0 bridgehead atoms. The summed E-state index contributed by atoms with van der Waals surface area (Å²) in [5, 5.41) is 12.0. The van der Waals surface area contributed by atoms with Crippen LogP contribution in [0.25, 0.3) is 0 Å². The Morgan fingerprint density at radius 3 is 2.96 bits per heavy atom. The number of nitriles is 1. The van der Waals surface area contributed by atoms with Crippen molar-refractivity contribution in [3.05, 3.63) is 50.5 Å². The maximum Gasteiger partial charge on any atom is 0.266 e. The van der Waals surface area contributed by atoms with Gasteiger partial charge in [0.15, 0.2) is 0 Å². The number of aryl methyl sites for hydroxylation is 3. The quantitative estimate of drug-likeness (QED) is 0.853. The molecule has 0 unspecified atom stereocenters. The first-order valence-corrected chi connectivity index (χ1v) is 8.93. The molecule has 136 valence electrons. The maximum absolute atomic E-state index is 12.2. The molecule has 3 rings (SSSR count). The molecule has 7 nitrogen and oxygen atoms in total. The van der Waals surface area contributed by atoms with Gasteiger partial charge in [-0.15, -0.1) is 0 Å². The standard InChI is InChI=1S/C19H23N5O2/c1-12-15(13(2)22-19(26)16(12)9-20)6-7-18(25)21-10-14-11-24-8-4-3-5-17(24)23-14/h11H,3-8,10H2,1-2H3,(H,21,25)(H,22,26). The van der Waals surface area contributed by atoms with Crippen LogP contribution in [0.15, 0.2) is 11.0 Å². The van der Waals surface area contributed by atoms with Crippen molar-refractivity contribution in [2.24, 2.45) is 0 Å². The molecule has 0 radical (unpaired) electrons. The second-order valence-electron chi connectivity index (χ2n) is 6.75. The van der Waals surface area contributed by atoms with Crippen LogP contribution in [0, 0.1) is 25.2 Å². The lowest BCUT2D eigenvalue weighted by molar-refractivity contribution is -0.121. The van der Waals surface area contributed by atoms with Crippen LogP contribution in [0.1, 0.15) is 53.2 Å². The molecule has 1 aliphatic rings. The number of H-pyrrole nitrogens is 1. The van der Waals surface area contributed by atoms with Gasteiger partial charge in [0.2, 0.25) is 5.91 Å². The molecule has 3 heterocycles. The highest BCUT2D eigenvalue weighted by Gasteiger charge is 2.15. The molecular weight excluding hydrogens is 330 g/mol. The summed E-state index contributed by atoms with van der Waals surface area (Å²) in [7, 11) is 0. The fraction of sp³-hybridized carbons (Fsp3) is 0.474. The third-order valence-electron chi connectivity index (χ3n) is 4.95. The summed E-state index contributed by atoms with van der Waals surface area (Å²) < 4.78 is 2.17. The van der Waals surface area contributed by atoms with Crippen LogP contribution >= 0.6 is 0 Å². The highest BCUT2D eigenvalue weighted by atomic mass is 16.1. The van der Waals surface area contributed by atoms with Gasteiger partial charge < -0.3 is 14.9 Å². The average Bonchev–Trinajstić information content (AvgIpc) is 3.02. The molecular formula is C19H23N5O2. The number of hydrogen-bond acceptors (Lipinski definition) is 4. The van der Waals surface area contributed by atoms with Gasteiger partial charge in [-0.25, -0.2) is 4.98 Å². The number of nitrogens with one attached hydrogen (secondary N) is 2. The van der Waals surface area contributed by atoms with Crippen molar-refractivity contribution in [1.82, 2.24) is 19.9 Å². The minimum absolute atomic E-state index is 0.0699. The van der Waals surface area contributed by atoms with Crippen LogP contribution in [-0.4, -0.2) is 20.4 Å². The number of aromatic amines is 1. The average molecular weight is 353 g/mol. The predicted molar refractivity (Wildman–Crippen MR) is 96.6 cm³/mol. The van der Waals surface area contributed by atoms with Crippen molar-refractivity contribution >= 4 is 5.91 Å². The maximum atomic E-state index is 12.2. The molecule has 0 saturated carbocycles. The molecule has 2 aromatic rings. The number of imidazole rings is 1. The van der Waals surface area contributed by atoms with Gasteiger partial charge in [-0.2, -0.15) is 5.26 Å². The third kappa shape index (κ3) is 3.69. The van der Waals surface area contributed by atoms with Crippen LogP contribution in [0.2, 0.25) is 0 Å². The molecule has 0 aliphatic carbocycles. The zero-order chi connectivity index (χ0) is 18.7. The molecule has 7 heteroatoms. The number of nitrogens with zero attached hydrogens (tertiary/aromatic N) is 3. The lowest BCUT2D eigenvalue weighted by atomic mass is 9.99. The summed E-state index contributed by atoms with van der Waals surface area (Å²) in [6.07, 6.45) is 6.15. The molecule has 2 N–H and O–H groups in total. The van der Waals surface area contributed by atoms with E-state index in [-0.39, 0.29) is 17.0 Å². The van der Waals surface area contributed by atoms with E-state index < -0.39 is 0 Å². The monoisotopic (exact) mass is 353 g/mol. The first-order valence-electron chi connectivity index (χ1n) is 8.93. The normalized spacial score (nSPS) is 13.1. The van der Waals surface area contributed by atoms with Crippen molar-refractivity contribution < 1.29 is 4.79 Å². The first-order chi connectivity index (χ1) is 12.5. The lowest BCUT2D eigenvalue weighted by Gasteiger charge is -2.11. The second-order valence-corrected chi connectivity index (χ2v) is 6.75. The van der Waals surface area contributed by atoms with Crippen LogP contribution in [0.4, 0.5) is 0 Å². The molecule has 0 atom stereocenters. The zero-order valence-electron chi connectivity index (χ0n) is 15.2. The Labute approximate surface area is 152 Å². The van der Waals surface area contributed by atoms with E-state index >= 15 is 0 Å². The number of fused-ring (bicyclic) bond motifs is 1. The molecule has 0 fully saturated rings. The first kappa shape index (κ1) is 17.9. The van der Waals surface area contributed by atoms with Gasteiger partial charge in [-0.3, -0.25) is 9.59 Å². The third-order valence-corrected chi connectivity index (χ3v) is 4.95. The van der Waals surface area contributed by atoms with Crippen LogP contribution in [0.3, 0.4) is 0 Å². The smallest absolute Gasteiger partial charge is 0.266 e. The van der Waals surface area contributed by atoms with E-state index in [9.17, 15) is 9.59 Å². The molecule has 1 aliphatic heterocycles. The van der Waals surface area contributed by atoms with Gasteiger partial charge in [0.05, 0.1) is 12.2 Å². The Morgan fingerprint density at radius 1 is 1.42 bits per heavy atom. The largest absolute Gasteiger partial charge is 0.350 e. The summed E-state index contributed by atoms with van der Waals surface area (Å²) >= 11 is 0. The van der Waals surface area contributed by atoms with Gasteiger partial charge in [0.1, 0.15) is 17.5 Å². The molecule has 26 heavy (non-hydrogen) atoms. The van der Waals surface area contributed by atoms with E-state index in [1.165, 1.54) is 12.8 Å². The lowest BCUT2D eigenvalue weighted by Crippen LogP contribution is -2.24. The Balaban J connectivity index is 1.59. The van der Waals surface area contributed by atoms with Gasteiger partial charge >= 0.3 is 0 Å². The van der Waals surface area contributed by atoms with E-state index in [2.05, 4.69) is 19.9 Å². The Hall–Kier alpha value is -2.88. The number of carbonyl (C=O) groups is 1. The molecule has 0 saturated heterocycles. The summed E-state index contributed by atoms with van der Waals surface area (Å²) in [5.41, 5.74) is 2.85. The second kappa shape index (κ2) is 7.56. The van der Waals surface area contributed by atoms with Gasteiger partial charge in [0, 0.05) is 31.3 Å². The Kier molecular flexibility index (Phi) is 5.21. The van der Waals surface area contributed by atoms with Crippen molar-refractivity contribution in [3.8, 4) is 6.07 Å². The van der Waals surface area contributed by atoms with Crippen molar-refractivity contribution in [2.75, 3.05) is 0 Å². The van der Waals surface area contributed by atoms with E-state index in [1.807, 2.05) is 12.3 Å². The Morgan fingerprint density at radius 2 is 2.23 bits per heavy atom. The number of carbonyl (C=O) groups excluding carboxylic acids is 1. The van der Waals surface area contributed by atoms with Gasteiger partial charge in [-0.05, 0) is 44.2 Å². The van der Waals surface area contributed by atoms with Crippen molar-refractivity contribution in [2.45, 2.75) is 59.0 Å². The minimum Gasteiger partial charge on any atom is -0.350 e. The van der Waals surface area contributed by atoms with Crippen LogP contribution in [-0.2, 0) is 30.7 Å². The number of rotatable bonds is 5. The highest BCUT2D eigenvalue weighted by molar-refractivity contribution is 5.76. The number of amides is 1. The van der Waals surface area contributed by atoms with Crippen molar-refractivity contribution in [1.29, 1.82) is 5.26 Å².